The molecule has 1 atom stereocenters. The summed E-state index contributed by atoms with van der Waals surface area (Å²) in [6.07, 6.45) is 0. The van der Waals surface area contributed by atoms with E-state index in [9.17, 15) is 9.59 Å². The largest absolute Gasteiger partial charge is 0.493 e. The molecule has 5 nitrogen and oxygen atoms in total. The number of benzene rings is 3. The number of nitrogens with one attached hydrogen (secondary N) is 2. The molecule has 0 saturated heterocycles. The Hall–Kier alpha value is -3.34. The van der Waals surface area contributed by atoms with Crippen LogP contribution < -0.4 is 15.4 Å². The maximum atomic E-state index is 13.0. The average Bonchev–Trinajstić information content (AvgIpc) is 2.72. The fourth-order valence-electron chi connectivity index (χ4n) is 3.23. The standard InChI is InChI=1S/C24H26N2O3/c1-4-29-21-15-8-7-13-19(21)23(27)26-22(16(2)3)24(28)25-20-14-9-11-17-10-5-6-12-18(17)20/h5-16,22H,4H2,1-3H3,(H,25,28)(H,26,27). The van der Waals surface area contributed by atoms with Crippen molar-refractivity contribution in [1.29, 1.82) is 0 Å². The average molecular weight is 390 g/mol. The van der Waals surface area contributed by atoms with Crippen molar-refractivity contribution in [2.45, 2.75) is 26.8 Å². The van der Waals surface area contributed by atoms with Gasteiger partial charge in [-0.1, -0.05) is 62.4 Å². The highest BCUT2D eigenvalue weighted by Gasteiger charge is 2.26. The van der Waals surface area contributed by atoms with Gasteiger partial charge in [-0.15, -0.1) is 0 Å². The van der Waals surface area contributed by atoms with E-state index in [0.717, 1.165) is 16.5 Å². The Morgan fingerprint density at radius 1 is 0.931 bits per heavy atom. The molecule has 0 radical (unpaired) electrons. The molecular weight excluding hydrogens is 364 g/mol. The first kappa shape index (κ1) is 20.4. The summed E-state index contributed by atoms with van der Waals surface area (Å²) in [6, 6.07) is 20.0. The Balaban J connectivity index is 1.81. The fraction of sp³-hybridized carbons (Fsp3) is 0.250. The molecule has 2 amide bonds. The van der Waals surface area contributed by atoms with Gasteiger partial charge in [-0.25, -0.2) is 0 Å². The maximum Gasteiger partial charge on any atom is 0.255 e. The zero-order chi connectivity index (χ0) is 20.8. The molecule has 0 bridgehead atoms. The summed E-state index contributed by atoms with van der Waals surface area (Å²) in [5.74, 6) is -0.169. The molecule has 5 heteroatoms. The van der Waals surface area contributed by atoms with E-state index in [0.29, 0.717) is 17.9 Å². The molecule has 0 heterocycles. The van der Waals surface area contributed by atoms with Crippen LogP contribution in [0.15, 0.2) is 66.7 Å². The number of ether oxygens (including phenoxy) is 1. The Bertz CT molecular complexity index is 1010. The van der Waals surface area contributed by atoms with Crippen LogP contribution in [0.4, 0.5) is 5.69 Å². The van der Waals surface area contributed by atoms with Crippen LogP contribution in [0.3, 0.4) is 0 Å². The second kappa shape index (κ2) is 9.24. The quantitative estimate of drug-likeness (QED) is 0.618. The Morgan fingerprint density at radius 3 is 2.38 bits per heavy atom. The molecule has 0 aliphatic carbocycles. The topological polar surface area (TPSA) is 67.4 Å². The SMILES string of the molecule is CCOc1ccccc1C(=O)NC(C(=O)Nc1cccc2ccccc12)C(C)C. The number of rotatable bonds is 7. The van der Waals surface area contributed by atoms with Crippen LogP contribution in [0.2, 0.25) is 0 Å². The molecule has 0 fully saturated rings. The van der Waals surface area contributed by atoms with Crippen LogP contribution in [-0.4, -0.2) is 24.5 Å². The van der Waals surface area contributed by atoms with Gasteiger partial charge < -0.3 is 15.4 Å². The van der Waals surface area contributed by atoms with Crippen molar-refractivity contribution in [1.82, 2.24) is 5.32 Å². The normalized spacial score (nSPS) is 11.9. The molecule has 0 saturated carbocycles. The molecule has 29 heavy (non-hydrogen) atoms. The predicted molar refractivity (Wildman–Crippen MR) is 116 cm³/mol. The molecule has 0 aliphatic rings. The van der Waals surface area contributed by atoms with Gasteiger partial charge in [-0.2, -0.15) is 0 Å². The van der Waals surface area contributed by atoms with Gasteiger partial charge >= 0.3 is 0 Å². The fourth-order valence-corrected chi connectivity index (χ4v) is 3.23. The van der Waals surface area contributed by atoms with E-state index in [-0.39, 0.29) is 17.7 Å². The number of anilines is 1. The molecule has 0 aliphatic heterocycles. The van der Waals surface area contributed by atoms with Crippen molar-refractivity contribution in [2.24, 2.45) is 5.92 Å². The highest BCUT2D eigenvalue weighted by Crippen LogP contribution is 2.24. The lowest BCUT2D eigenvalue weighted by molar-refractivity contribution is -0.118. The van der Waals surface area contributed by atoms with Crippen LogP contribution in [0, 0.1) is 5.92 Å². The lowest BCUT2D eigenvalue weighted by Crippen LogP contribution is -2.47. The molecule has 2 N–H and O–H groups in total. The van der Waals surface area contributed by atoms with Gasteiger partial charge in [0.15, 0.2) is 0 Å². The first-order valence-corrected chi connectivity index (χ1v) is 9.82. The van der Waals surface area contributed by atoms with E-state index in [1.54, 1.807) is 18.2 Å². The van der Waals surface area contributed by atoms with Gasteiger partial charge in [0.2, 0.25) is 5.91 Å². The molecule has 1 unspecified atom stereocenters. The minimum absolute atomic E-state index is 0.0896. The van der Waals surface area contributed by atoms with Gasteiger partial charge in [0.05, 0.1) is 12.2 Å². The molecule has 3 aromatic rings. The highest BCUT2D eigenvalue weighted by atomic mass is 16.5. The Kier molecular flexibility index (Phi) is 6.50. The third kappa shape index (κ3) is 4.74. The first-order valence-electron chi connectivity index (χ1n) is 9.82. The summed E-state index contributed by atoms with van der Waals surface area (Å²) < 4.78 is 5.54. The van der Waals surface area contributed by atoms with Crippen molar-refractivity contribution in [3.8, 4) is 5.75 Å². The monoisotopic (exact) mass is 390 g/mol. The summed E-state index contributed by atoms with van der Waals surface area (Å²) >= 11 is 0. The second-order valence-electron chi connectivity index (χ2n) is 7.14. The molecule has 0 aromatic heterocycles. The number of hydrogen-bond donors (Lipinski definition) is 2. The number of carbonyl (C=O) groups is 2. The Morgan fingerprint density at radius 2 is 1.62 bits per heavy atom. The van der Waals surface area contributed by atoms with Gasteiger partial charge in [0.1, 0.15) is 11.8 Å². The van der Waals surface area contributed by atoms with E-state index in [2.05, 4.69) is 10.6 Å². The van der Waals surface area contributed by atoms with Crippen LogP contribution >= 0.6 is 0 Å². The lowest BCUT2D eigenvalue weighted by atomic mass is 10.0. The van der Waals surface area contributed by atoms with Crippen molar-refractivity contribution in [3.63, 3.8) is 0 Å². The summed E-state index contributed by atoms with van der Waals surface area (Å²) in [7, 11) is 0. The second-order valence-corrected chi connectivity index (χ2v) is 7.14. The Labute approximate surface area is 171 Å². The number of amides is 2. The van der Waals surface area contributed by atoms with Gasteiger partial charge in [-0.3, -0.25) is 9.59 Å². The third-order valence-electron chi connectivity index (χ3n) is 4.71. The molecule has 150 valence electrons. The third-order valence-corrected chi connectivity index (χ3v) is 4.71. The predicted octanol–water partition coefficient (Wildman–Crippen LogP) is 4.63. The molecule has 3 aromatic carbocycles. The van der Waals surface area contributed by atoms with Crippen molar-refractivity contribution < 1.29 is 14.3 Å². The minimum Gasteiger partial charge on any atom is -0.493 e. The summed E-state index contributed by atoms with van der Waals surface area (Å²) in [6.45, 7) is 6.13. The zero-order valence-electron chi connectivity index (χ0n) is 16.9. The first-order chi connectivity index (χ1) is 14.0. The smallest absolute Gasteiger partial charge is 0.255 e. The summed E-state index contributed by atoms with van der Waals surface area (Å²) in [5, 5.41) is 7.85. The van der Waals surface area contributed by atoms with Crippen molar-refractivity contribution >= 4 is 28.3 Å². The van der Waals surface area contributed by atoms with Crippen molar-refractivity contribution in [2.75, 3.05) is 11.9 Å². The lowest BCUT2D eigenvalue weighted by Gasteiger charge is -2.22. The number of para-hydroxylation sites is 1. The van der Waals surface area contributed by atoms with E-state index in [4.69, 9.17) is 4.74 Å². The number of hydrogen-bond acceptors (Lipinski definition) is 3. The number of fused-ring (bicyclic) bond motifs is 1. The van der Waals surface area contributed by atoms with Gasteiger partial charge in [0.25, 0.3) is 5.91 Å². The van der Waals surface area contributed by atoms with E-state index in [1.807, 2.05) is 69.3 Å². The van der Waals surface area contributed by atoms with Gasteiger partial charge in [-0.05, 0) is 36.4 Å². The zero-order valence-corrected chi connectivity index (χ0v) is 16.9. The minimum atomic E-state index is -0.684. The summed E-state index contributed by atoms with van der Waals surface area (Å²) in [4.78, 5) is 25.9. The molecule has 0 spiro atoms. The maximum absolute atomic E-state index is 13.0. The van der Waals surface area contributed by atoms with Crippen LogP contribution in [0.5, 0.6) is 5.75 Å². The molecule has 3 rings (SSSR count). The van der Waals surface area contributed by atoms with Crippen LogP contribution in [0.25, 0.3) is 10.8 Å². The summed E-state index contributed by atoms with van der Waals surface area (Å²) in [5.41, 5.74) is 1.14. The number of carbonyl (C=O) groups excluding carboxylic acids is 2. The molecular formula is C24H26N2O3. The van der Waals surface area contributed by atoms with Crippen LogP contribution in [-0.2, 0) is 4.79 Å². The van der Waals surface area contributed by atoms with Crippen molar-refractivity contribution in [3.05, 3.63) is 72.3 Å². The highest BCUT2D eigenvalue weighted by molar-refractivity contribution is 6.06. The van der Waals surface area contributed by atoms with Crippen LogP contribution in [0.1, 0.15) is 31.1 Å². The van der Waals surface area contributed by atoms with Gasteiger partial charge in [0, 0.05) is 11.1 Å². The van der Waals surface area contributed by atoms with E-state index < -0.39 is 6.04 Å². The van der Waals surface area contributed by atoms with E-state index >= 15 is 0 Å². The van der Waals surface area contributed by atoms with E-state index in [1.165, 1.54) is 0 Å².